The number of amides is 3. The highest BCUT2D eigenvalue weighted by Crippen LogP contribution is 2.14. The lowest BCUT2D eigenvalue weighted by Gasteiger charge is -2.34. The highest BCUT2D eigenvalue weighted by Gasteiger charge is 2.34. The molecule has 0 aliphatic heterocycles. The number of hydrogen-bond acceptors (Lipinski definition) is 5. The highest BCUT2D eigenvalue weighted by molar-refractivity contribution is 5.94. The standard InChI is InChI=1S/C29H40N4O4/c1-29(2,30)18-12-17-26(34)32(4)25(21-37-20-23-15-10-7-11-16-23)28(36)33(5)24(27(35)31-3)19-22-13-8-6-9-14-22/h6-17,24-25H,18-21,30H2,1-5H3,(H,31,35)/t24-,25-/m1/s1. The fourth-order valence-electron chi connectivity index (χ4n) is 3.74. The van der Waals surface area contributed by atoms with Crippen LogP contribution in [0, 0.1) is 0 Å². The minimum absolute atomic E-state index is 0.0255. The van der Waals surface area contributed by atoms with Crippen molar-refractivity contribution in [2.75, 3.05) is 27.7 Å². The average molecular weight is 509 g/mol. The van der Waals surface area contributed by atoms with E-state index in [4.69, 9.17) is 10.5 Å². The zero-order valence-corrected chi connectivity index (χ0v) is 22.5. The minimum Gasteiger partial charge on any atom is -0.374 e. The van der Waals surface area contributed by atoms with Crippen LogP contribution in [0.1, 0.15) is 31.4 Å². The molecule has 0 fully saturated rings. The third-order valence-corrected chi connectivity index (χ3v) is 6.03. The van der Waals surface area contributed by atoms with Crippen molar-refractivity contribution in [3.05, 3.63) is 83.9 Å². The first-order chi connectivity index (χ1) is 17.5. The predicted molar refractivity (Wildman–Crippen MR) is 145 cm³/mol. The maximum absolute atomic E-state index is 13.7. The largest absolute Gasteiger partial charge is 0.374 e. The number of carbonyl (C=O) groups excluding carboxylic acids is 3. The van der Waals surface area contributed by atoms with Crippen molar-refractivity contribution < 1.29 is 19.1 Å². The molecule has 3 amide bonds. The smallest absolute Gasteiger partial charge is 0.248 e. The second-order valence-corrected chi connectivity index (χ2v) is 9.83. The van der Waals surface area contributed by atoms with Crippen LogP contribution >= 0.6 is 0 Å². The van der Waals surface area contributed by atoms with E-state index in [2.05, 4.69) is 5.32 Å². The minimum atomic E-state index is -0.931. The fourth-order valence-corrected chi connectivity index (χ4v) is 3.74. The molecule has 0 radical (unpaired) electrons. The monoisotopic (exact) mass is 508 g/mol. The number of nitrogens with one attached hydrogen (secondary N) is 1. The molecule has 37 heavy (non-hydrogen) atoms. The van der Waals surface area contributed by atoms with Crippen LogP contribution in [-0.2, 0) is 32.1 Å². The summed E-state index contributed by atoms with van der Waals surface area (Å²) in [5.41, 5.74) is 7.43. The zero-order valence-electron chi connectivity index (χ0n) is 22.5. The second-order valence-electron chi connectivity index (χ2n) is 9.83. The van der Waals surface area contributed by atoms with Gasteiger partial charge in [-0.2, -0.15) is 0 Å². The Hall–Kier alpha value is -3.49. The summed E-state index contributed by atoms with van der Waals surface area (Å²) >= 11 is 0. The molecular formula is C29H40N4O4. The third-order valence-electron chi connectivity index (χ3n) is 6.03. The summed E-state index contributed by atoms with van der Waals surface area (Å²) in [6.45, 7) is 4.00. The topological polar surface area (TPSA) is 105 Å². The highest BCUT2D eigenvalue weighted by atomic mass is 16.5. The van der Waals surface area contributed by atoms with E-state index in [1.165, 1.54) is 15.9 Å². The van der Waals surface area contributed by atoms with Crippen LogP contribution < -0.4 is 11.1 Å². The lowest BCUT2D eigenvalue weighted by molar-refractivity contribution is -0.148. The molecule has 0 heterocycles. The average Bonchev–Trinajstić information content (AvgIpc) is 2.88. The van der Waals surface area contributed by atoms with Gasteiger partial charge in [0.25, 0.3) is 0 Å². The Labute approximate surface area is 220 Å². The van der Waals surface area contributed by atoms with Crippen LogP contribution in [0.3, 0.4) is 0 Å². The van der Waals surface area contributed by atoms with Gasteiger partial charge < -0.3 is 25.6 Å². The summed E-state index contributed by atoms with van der Waals surface area (Å²) in [5.74, 6) is -1.03. The van der Waals surface area contributed by atoms with Gasteiger partial charge in [-0.3, -0.25) is 14.4 Å². The van der Waals surface area contributed by atoms with Crippen molar-refractivity contribution in [3.8, 4) is 0 Å². The molecule has 0 aliphatic carbocycles. The van der Waals surface area contributed by atoms with Gasteiger partial charge in [0.2, 0.25) is 17.7 Å². The fraction of sp³-hybridized carbons (Fsp3) is 0.414. The van der Waals surface area contributed by atoms with Crippen LogP contribution in [0.4, 0.5) is 0 Å². The van der Waals surface area contributed by atoms with Gasteiger partial charge in [-0.05, 0) is 37.5 Å². The van der Waals surface area contributed by atoms with Gasteiger partial charge in [-0.15, -0.1) is 0 Å². The molecule has 0 aliphatic rings. The molecule has 8 nitrogen and oxygen atoms in total. The molecule has 2 aromatic carbocycles. The summed E-state index contributed by atoms with van der Waals surface area (Å²) in [5, 5.41) is 2.65. The molecule has 0 bridgehead atoms. The van der Waals surface area contributed by atoms with Crippen molar-refractivity contribution in [1.82, 2.24) is 15.1 Å². The van der Waals surface area contributed by atoms with E-state index in [0.717, 1.165) is 11.1 Å². The SMILES string of the molecule is CNC(=O)[C@@H](Cc1ccccc1)N(C)C(=O)[C@@H](COCc1ccccc1)N(C)C(=O)C=CCC(C)(C)N. The number of ether oxygens (including phenoxy) is 1. The zero-order chi connectivity index (χ0) is 27.4. The summed E-state index contributed by atoms with van der Waals surface area (Å²) in [7, 11) is 4.69. The molecule has 3 N–H and O–H groups in total. The number of carbonyl (C=O) groups is 3. The molecule has 0 unspecified atom stereocenters. The van der Waals surface area contributed by atoms with E-state index in [1.54, 1.807) is 27.2 Å². The first-order valence-electron chi connectivity index (χ1n) is 12.4. The maximum atomic E-state index is 13.7. The first-order valence-corrected chi connectivity index (χ1v) is 12.4. The summed E-state index contributed by atoms with van der Waals surface area (Å²) in [4.78, 5) is 42.3. The molecular weight excluding hydrogens is 468 g/mol. The maximum Gasteiger partial charge on any atom is 0.248 e. The van der Waals surface area contributed by atoms with Crippen LogP contribution in [0.25, 0.3) is 0 Å². The van der Waals surface area contributed by atoms with Gasteiger partial charge in [0.1, 0.15) is 12.1 Å². The number of benzene rings is 2. The van der Waals surface area contributed by atoms with Crippen LogP contribution in [-0.4, -0.2) is 72.9 Å². The molecule has 0 aromatic heterocycles. The van der Waals surface area contributed by atoms with E-state index in [1.807, 2.05) is 74.5 Å². The van der Waals surface area contributed by atoms with Gasteiger partial charge in [-0.1, -0.05) is 66.7 Å². The first kappa shape index (κ1) is 29.7. The Morgan fingerprint density at radius 1 is 0.946 bits per heavy atom. The van der Waals surface area contributed by atoms with Gasteiger partial charge in [0.05, 0.1) is 13.2 Å². The lowest BCUT2D eigenvalue weighted by Crippen LogP contribution is -2.56. The van der Waals surface area contributed by atoms with Gasteiger partial charge in [0, 0.05) is 33.1 Å². The summed E-state index contributed by atoms with van der Waals surface area (Å²) < 4.78 is 5.88. The predicted octanol–water partition coefficient (Wildman–Crippen LogP) is 2.53. The van der Waals surface area contributed by atoms with Gasteiger partial charge in [-0.25, -0.2) is 0 Å². The molecule has 0 spiro atoms. The Morgan fingerprint density at radius 3 is 2.05 bits per heavy atom. The molecule has 0 saturated carbocycles. The number of likely N-dealkylation sites (N-methyl/N-ethyl adjacent to an activating group) is 3. The van der Waals surface area contributed by atoms with E-state index >= 15 is 0 Å². The van der Waals surface area contributed by atoms with E-state index in [0.29, 0.717) is 12.8 Å². The van der Waals surface area contributed by atoms with Gasteiger partial charge >= 0.3 is 0 Å². The number of nitrogens with two attached hydrogens (primary N) is 1. The third kappa shape index (κ3) is 9.82. The molecule has 0 saturated heterocycles. The number of hydrogen-bond donors (Lipinski definition) is 2. The Bertz CT molecular complexity index is 1030. The van der Waals surface area contributed by atoms with Crippen molar-refractivity contribution in [2.45, 2.75) is 50.9 Å². The molecule has 200 valence electrons. The van der Waals surface area contributed by atoms with Gasteiger partial charge in [0.15, 0.2) is 0 Å². The van der Waals surface area contributed by atoms with Crippen molar-refractivity contribution >= 4 is 17.7 Å². The molecule has 2 rings (SSSR count). The van der Waals surface area contributed by atoms with Crippen LogP contribution in [0.5, 0.6) is 0 Å². The second kappa shape index (κ2) is 14.3. The Kier molecular flexibility index (Phi) is 11.5. The number of rotatable bonds is 13. The molecule has 8 heteroatoms. The Morgan fingerprint density at radius 2 is 1.51 bits per heavy atom. The van der Waals surface area contributed by atoms with Crippen molar-refractivity contribution in [1.29, 1.82) is 0 Å². The molecule has 2 aromatic rings. The van der Waals surface area contributed by atoms with Crippen molar-refractivity contribution in [2.24, 2.45) is 5.73 Å². The van der Waals surface area contributed by atoms with E-state index < -0.39 is 17.6 Å². The number of nitrogens with zero attached hydrogens (tertiary/aromatic N) is 2. The van der Waals surface area contributed by atoms with Crippen LogP contribution in [0.2, 0.25) is 0 Å². The molecule has 2 atom stereocenters. The van der Waals surface area contributed by atoms with Crippen LogP contribution in [0.15, 0.2) is 72.8 Å². The normalized spacial score (nSPS) is 13.1. The van der Waals surface area contributed by atoms with E-state index in [-0.39, 0.29) is 30.9 Å². The summed E-state index contributed by atoms with van der Waals surface area (Å²) in [6, 6.07) is 17.4. The van der Waals surface area contributed by atoms with Crippen molar-refractivity contribution in [3.63, 3.8) is 0 Å². The van der Waals surface area contributed by atoms with E-state index in [9.17, 15) is 14.4 Å². The Balaban J connectivity index is 2.25. The lowest BCUT2D eigenvalue weighted by atomic mass is 10.0. The quantitative estimate of drug-likeness (QED) is 0.405. The summed E-state index contributed by atoms with van der Waals surface area (Å²) in [6.07, 6.45) is 3.97.